The second-order valence-electron chi connectivity index (χ2n) is 1.69. The van der Waals surface area contributed by atoms with Crippen molar-refractivity contribution in [1.29, 1.82) is 0 Å². The van der Waals surface area contributed by atoms with Gasteiger partial charge in [0.25, 0.3) is 0 Å². The Morgan fingerprint density at radius 2 is 2.33 bits per heavy atom. The van der Waals surface area contributed by atoms with E-state index in [2.05, 4.69) is 4.99 Å². The summed E-state index contributed by atoms with van der Waals surface area (Å²) in [6, 6.07) is 0. The Hall–Kier alpha value is -0.630. The SMILES string of the molecule is C/C=C/CN=CCCN. The first kappa shape index (κ1) is 8.37. The molecular weight excluding hydrogens is 112 g/mol. The normalized spacial score (nSPS) is 11.8. The molecule has 9 heavy (non-hydrogen) atoms. The molecule has 0 bridgehead atoms. The quantitative estimate of drug-likeness (QED) is 0.442. The fraction of sp³-hybridized carbons (Fsp3) is 0.571. The summed E-state index contributed by atoms with van der Waals surface area (Å²) in [5, 5.41) is 0. The van der Waals surface area contributed by atoms with E-state index in [4.69, 9.17) is 5.73 Å². The molecule has 52 valence electrons. The zero-order valence-electron chi connectivity index (χ0n) is 5.88. The van der Waals surface area contributed by atoms with Crippen LogP contribution >= 0.6 is 0 Å². The van der Waals surface area contributed by atoms with E-state index in [0.717, 1.165) is 13.0 Å². The molecule has 0 fully saturated rings. The van der Waals surface area contributed by atoms with Gasteiger partial charge in [0.15, 0.2) is 0 Å². The minimum absolute atomic E-state index is 0.694. The van der Waals surface area contributed by atoms with Crippen LogP contribution in [0.2, 0.25) is 0 Å². The maximum absolute atomic E-state index is 5.23. The molecule has 0 heterocycles. The molecule has 0 spiro atoms. The lowest BCUT2D eigenvalue weighted by molar-refractivity contribution is 1.05. The standard InChI is InChI=1S/C7H14N2/c1-2-3-6-9-7-4-5-8/h2-3,7H,4-6,8H2,1H3/b3-2+,9-7?. The summed E-state index contributed by atoms with van der Waals surface area (Å²) in [4.78, 5) is 4.06. The van der Waals surface area contributed by atoms with Crippen LogP contribution in [0.1, 0.15) is 13.3 Å². The lowest BCUT2D eigenvalue weighted by Gasteiger charge is -1.82. The fourth-order valence-electron chi connectivity index (χ4n) is 0.407. The molecule has 0 radical (unpaired) electrons. The van der Waals surface area contributed by atoms with E-state index in [-0.39, 0.29) is 0 Å². The van der Waals surface area contributed by atoms with Gasteiger partial charge in [-0.2, -0.15) is 0 Å². The van der Waals surface area contributed by atoms with Crippen LogP contribution in [0.5, 0.6) is 0 Å². The number of allylic oxidation sites excluding steroid dienone is 1. The lowest BCUT2D eigenvalue weighted by atomic mass is 10.5. The van der Waals surface area contributed by atoms with Crippen LogP contribution in [0, 0.1) is 0 Å². The van der Waals surface area contributed by atoms with Gasteiger partial charge in [-0.25, -0.2) is 0 Å². The number of hydrogen-bond donors (Lipinski definition) is 1. The highest BCUT2D eigenvalue weighted by molar-refractivity contribution is 5.57. The molecule has 0 aliphatic rings. The minimum Gasteiger partial charge on any atom is -0.330 e. The van der Waals surface area contributed by atoms with Gasteiger partial charge in [0.05, 0.1) is 6.54 Å². The van der Waals surface area contributed by atoms with Gasteiger partial charge >= 0.3 is 0 Å². The Bertz CT molecular complexity index is 95.1. The van der Waals surface area contributed by atoms with Gasteiger partial charge in [0, 0.05) is 6.21 Å². The van der Waals surface area contributed by atoms with Crippen molar-refractivity contribution in [3.8, 4) is 0 Å². The summed E-state index contributed by atoms with van der Waals surface area (Å²) in [5.41, 5.74) is 5.23. The van der Waals surface area contributed by atoms with E-state index in [9.17, 15) is 0 Å². The number of rotatable bonds is 4. The molecule has 0 aromatic heterocycles. The van der Waals surface area contributed by atoms with E-state index in [1.807, 2.05) is 25.3 Å². The van der Waals surface area contributed by atoms with Crippen molar-refractivity contribution < 1.29 is 0 Å². The van der Waals surface area contributed by atoms with Gasteiger partial charge < -0.3 is 5.73 Å². The van der Waals surface area contributed by atoms with E-state index < -0.39 is 0 Å². The first-order chi connectivity index (χ1) is 4.41. The van der Waals surface area contributed by atoms with Crippen LogP contribution in [-0.2, 0) is 0 Å². The van der Waals surface area contributed by atoms with Crippen LogP contribution < -0.4 is 5.73 Å². The fourth-order valence-corrected chi connectivity index (χ4v) is 0.407. The lowest BCUT2D eigenvalue weighted by Crippen LogP contribution is -1.98. The van der Waals surface area contributed by atoms with Gasteiger partial charge in [-0.1, -0.05) is 12.2 Å². The third-order valence-corrected chi connectivity index (χ3v) is 0.871. The van der Waals surface area contributed by atoms with Crippen molar-refractivity contribution in [3.63, 3.8) is 0 Å². The van der Waals surface area contributed by atoms with Crippen LogP contribution in [0.15, 0.2) is 17.1 Å². The number of nitrogens with zero attached hydrogens (tertiary/aromatic N) is 1. The van der Waals surface area contributed by atoms with E-state index in [1.165, 1.54) is 0 Å². The van der Waals surface area contributed by atoms with Gasteiger partial charge in [-0.15, -0.1) is 0 Å². The molecule has 0 saturated heterocycles. The highest BCUT2D eigenvalue weighted by Crippen LogP contribution is 1.74. The first-order valence-electron chi connectivity index (χ1n) is 3.21. The average molecular weight is 126 g/mol. The molecule has 0 aliphatic heterocycles. The van der Waals surface area contributed by atoms with Crippen molar-refractivity contribution in [2.75, 3.05) is 13.1 Å². The number of aliphatic imine (C=N–C) groups is 1. The van der Waals surface area contributed by atoms with Crippen molar-refractivity contribution in [2.45, 2.75) is 13.3 Å². The predicted octanol–water partition coefficient (Wildman–Crippen LogP) is 0.982. The molecule has 0 aromatic rings. The van der Waals surface area contributed by atoms with Gasteiger partial charge in [0.1, 0.15) is 0 Å². The molecule has 0 unspecified atom stereocenters. The Labute approximate surface area is 56.5 Å². The van der Waals surface area contributed by atoms with Gasteiger partial charge in [-0.3, -0.25) is 4.99 Å². The zero-order chi connectivity index (χ0) is 6.95. The topological polar surface area (TPSA) is 38.4 Å². The molecule has 0 aromatic carbocycles. The summed E-state index contributed by atoms with van der Waals surface area (Å²) in [7, 11) is 0. The summed E-state index contributed by atoms with van der Waals surface area (Å²) in [5.74, 6) is 0. The summed E-state index contributed by atoms with van der Waals surface area (Å²) < 4.78 is 0. The third-order valence-electron chi connectivity index (χ3n) is 0.871. The molecule has 0 atom stereocenters. The van der Waals surface area contributed by atoms with E-state index in [0.29, 0.717) is 6.54 Å². The second-order valence-corrected chi connectivity index (χ2v) is 1.69. The minimum atomic E-state index is 0.694. The van der Waals surface area contributed by atoms with Crippen LogP contribution in [-0.4, -0.2) is 19.3 Å². The highest BCUT2D eigenvalue weighted by Gasteiger charge is 1.70. The number of nitrogens with two attached hydrogens (primary N) is 1. The van der Waals surface area contributed by atoms with Crippen molar-refractivity contribution >= 4 is 6.21 Å². The molecule has 0 aliphatic carbocycles. The van der Waals surface area contributed by atoms with Gasteiger partial charge in [0.2, 0.25) is 0 Å². The van der Waals surface area contributed by atoms with Crippen LogP contribution in [0.4, 0.5) is 0 Å². The maximum atomic E-state index is 5.23. The molecular formula is C7H14N2. The van der Waals surface area contributed by atoms with Crippen molar-refractivity contribution in [3.05, 3.63) is 12.2 Å². The molecule has 0 rings (SSSR count). The largest absolute Gasteiger partial charge is 0.330 e. The molecule has 2 nitrogen and oxygen atoms in total. The summed E-state index contributed by atoms with van der Waals surface area (Å²) in [6.07, 6.45) is 6.74. The second kappa shape index (κ2) is 7.37. The van der Waals surface area contributed by atoms with Gasteiger partial charge in [-0.05, 0) is 19.9 Å². The Morgan fingerprint density at radius 1 is 1.56 bits per heavy atom. The first-order valence-corrected chi connectivity index (χ1v) is 3.21. The Morgan fingerprint density at radius 3 is 2.89 bits per heavy atom. The van der Waals surface area contributed by atoms with E-state index in [1.54, 1.807) is 0 Å². The van der Waals surface area contributed by atoms with Crippen molar-refractivity contribution in [2.24, 2.45) is 10.7 Å². The van der Waals surface area contributed by atoms with Crippen molar-refractivity contribution in [1.82, 2.24) is 0 Å². The molecule has 0 amide bonds. The van der Waals surface area contributed by atoms with Crippen LogP contribution in [0.25, 0.3) is 0 Å². The summed E-state index contributed by atoms with van der Waals surface area (Å²) >= 11 is 0. The Balaban J connectivity index is 3.04. The Kier molecular flexibility index (Phi) is 6.85. The third kappa shape index (κ3) is 7.37. The molecule has 2 heteroatoms. The molecule has 2 N–H and O–H groups in total. The summed E-state index contributed by atoms with van der Waals surface area (Å²) in [6.45, 7) is 3.47. The maximum Gasteiger partial charge on any atom is 0.0566 e. The van der Waals surface area contributed by atoms with Crippen LogP contribution in [0.3, 0.4) is 0 Å². The molecule has 0 saturated carbocycles. The zero-order valence-corrected chi connectivity index (χ0v) is 5.88. The smallest absolute Gasteiger partial charge is 0.0566 e. The monoisotopic (exact) mass is 126 g/mol. The average Bonchev–Trinajstić information content (AvgIpc) is 1.89. The van der Waals surface area contributed by atoms with E-state index >= 15 is 0 Å². The predicted molar refractivity (Wildman–Crippen MR) is 41.8 cm³/mol. The number of hydrogen-bond acceptors (Lipinski definition) is 2. The highest BCUT2D eigenvalue weighted by atomic mass is 14.7.